The Morgan fingerprint density at radius 1 is 0.792 bits per heavy atom. The summed E-state index contributed by atoms with van der Waals surface area (Å²) in [5, 5.41) is 7.55. The molecule has 132 valence electrons. The van der Waals surface area contributed by atoms with Gasteiger partial charge < -0.3 is 9.47 Å². The minimum Gasteiger partial charge on any atom is -0.497 e. The molecule has 0 amide bonds. The van der Waals surface area contributed by atoms with Gasteiger partial charge in [0.1, 0.15) is 22.1 Å². The van der Waals surface area contributed by atoms with Gasteiger partial charge in [-0.2, -0.15) is 5.11 Å². The van der Waals surface area contributed by atoms with E-state index in [1.165, 1.54) is 20.3 Å². The van der Waals surface area contributed by atoms with Crippen LogP contribution < -0.4 is 9.47 Å². The minimum atomic E-state index is -9.68. The smallest absolute Gasteiger partial charge is 0.310 e. The topological polar surface area (TPSA) is 43.2 Å². The number of rotatable bonds is 5. The van der Waals surface area contributed by atoms with E-state index in [1.807, 2.05) is 0 Å². The average Bonchev–Trinajstić information content (AvgIpc) is 2.51. The summed E-state index contributed by atoms with van der Waals surface area (Å²) in [5.41, 5.74) is 0.286. The van der Waals surface area contributed by atoms with Crippen molar-refractivity contribution in [3.63, 3.8) is 0 Å². The van der Waals surface area contributed by atoms with Crippen LogP contribution >= 0.6 is 10.2 Å². The Hall–Kier alpha value is -2.36. The fourth-order valence-electron chi connectivity index (χ4n) is 1.75. The molecule has 0 heterocycles. The number of methoxy groups -OCH3 is 2. The zero-order valence-electron chi connectivity index (χ0n) is 12.6. The number of hydrogen-bond donors (Lipinski definition) is 0. The predicted octanol–water partition coefficient (Wildman–Crippen LogP) is 6.78. The SMILES string of the molecule is COc1ccc(N=Nc2ccc(S(F)(F)(F)(F)F)cc2)c(OC)c1. The molecule has 0 bridgehead atoms. The molecule has 4 nitrogen and oxygen atoms in total. The van der Waals surface area contributed by atoms with Gasteiger partial charge in [-0.25, -0.2) is 0 Å². The minimum absolute atomic E-state index is 0.0153. The first-order valence-electron chi connectivity index (χ1n) is 6.41. The molecule has 0 spiro atoms. The van der Waals surface area contributed by atoms with Crippen LogP contribution in [0.15, 0.2) is 57.6 Å². The molecular weight excluding hydrogens is 355 g/mol. The lowest BCUT2D eigenvalue weighted by Crippen LogP contribution is -2.05. The highest BCUT2D eigenvalue weighted by Gasteiger charge is 2.65. The monoisotopic (exact) mass is 368 g/mol. The van der Waals surface area contributed by atoms with E-state index < -0.39 is 15.1 Å². The molecule has 0 aliphatic heterocycles. The maximum absolute atomic E-state index is 12.6. The van der Waals surface area contributed by atoms with Gasteiger partial charge in [0.05, 0.1) is 19.9 Å². The third-order valence-electron chi connectivity index (χ3n) is 2.94. The third kappa shape index (κ3) is 4.34. The Morgan fingerprint density at radius 2 is 1.42 bits per heavy atom. The second kappa shape index (κ2) is 5.33. The molecule has 0 aliphatic carbocycles. The van der Waals surface area contributed by atoms with E-state index in [9.17, 15) is 19.4 Å². The lowest BCUT2D eigenvalue weighted by atomic mass is 10.3. The normalized spacial score (nSPS) is 15.0. The Morgan fingerprint density at radius 3 is 1.92 bits per heavy atom. The van der Waals surface area contributed by atoms with Gasteiger partial charge >= 0.3 is 10.2 Å². The van der Waals surface area contributed by atoms with Gasteiger partial charge in [0, 0.05) is 6.07 Å². The summed E-state index contributed by atoms with van der Waals surface area (Å²) in [6.45, 7) is 0. The number of nitrogens with zero attached hydrogens (tertiary/aromatic N) is 2. The van der Waals surface area contributed by atoms with E-state index in [0.29, 0.717) is 17.2 Å². The van der Waals surface area contributed by atoms with Crippen LogP contribution in [0.2, 0.25) is 0 Å². The molecule has 2 aromatic rings. The zero-order chi connectivity index (χ0) is 18.1. The van der Waals surface area contributed by atoms with Crippen molar-refractivity contribution in [3.05, 3.63) is 42.5 Å². The van der Waals surface area contributed by atoms with Crippen molar-refractivity contribution in [2.75, 3.05) is 14.2 Å². The zero-order valence-corrected chi connectivity index (χ0v) is 13.4. The molecule has 0 fully saturated rings. The maximum atomic E-state index is 12.6. The van der Waals surface area contributed by atoms with Crippen LogP contribution in [0.1, 0.15) is 0 Å². The van der Waals surface area contributed by atoms with Gasteiger partial charge in [0.25, 0.3) is 0 Å². The van der Waals surface area contributed by atoms with Crippen molar-refractivity contribution in [2.45, 2.75) is 4.90 Å². The van der Waals surface area contributed by atoms with Crippen LogP contribution in [0.4, 0.5) is 30.8 Å². The van der Waals surface area contributed by atoms with E-state index in [4.69, 9.17) is 9.47 Å². The van der Waals surface area contributed by atoms with Gasteiger partial charge in [0.2, 0.25) is 0 Å². The second-order valence-electron chi connectivity index (χ2n) is 4.70. The van der Waals surface area contributed by atoms with Gasteiger partial charge in [0.15, 0.2) is 0 Å². The first kappa shape index (κ1) is 18.0. The van der Waals surface area contributed by atoms with Crippen LogP contribution in [0.5, 0.6) is 11.5 Å². The highest BCUT2D eigenvalue weighted by Crippen LogP contribution is 3.02. The summed E-state index contributed by atoms with van der Waals surface area (Å²) in [5.74, 6) is 0.854. The average molecular weight is 368 g/mol. The van der Waals surface area contributed by atoms with Crippen LogP contribution in [-0.4, -0.2) is 14.2 Å². The first-order chi connectivity index (χ1) is 10.9. The molecule has 2 aromatic carbocycles. The summed E-state index contributed by atoms with van der Waals surface area (Å²) < 4.78 is 73.2. The van der Waals surface area contributed by atoms with Crippen LogP contribution in [0.3, 0.4) is 0 Å². The fourth-order valence-corrected chi connectivity index (χ4v) is 2.40. The summed E-state index contributed by atoms with van der Waals surface area (Å²) in [7, 11) is -6.81. The molecule has 0 saturated carbocycles. The number of hydrogen-bond acceptors (Lipinski definition) is 4. The van der Waals surface area contributed by atoms with E-state index in [2.05, 4.69) is 10.2 Å². The van der Waals surface area contributed by atoms with E-state index in [0.717, 1.165) is 12.1 Å². The molecule has 0 unspecified atom stereocenters. The molecule has 2 rings (SSSR count). The van der Waals surface area contributed by atoms with Gasteiger partial charge in [-0.15, -0.1) is 5.11 Å². The second-order valence-corrected chi connectivity index (χ2v) is 7.11. The Balaban J connectivity index is 2.28. The van der Waals surface area contributed by atoms with E-state index >= 15 is 0 Å². The van der Waals surface area contributed by atoms with Gasteiger partial charge in [-0.3, -0.25) is 0 Å². The number of benzene rings is 2. The molecule has 10 heteroatoms. The molecule has 24 heavy (non-hydrogen) atoms. The Labute approximate surface area is 134 Å². The third-order valence-corrected chi connectivity index (χ3v) is 4.11. The van der Waals surface area contributed by atoms with E-state index in [1.54, 1.807) is 12.1 Å². The Kier molecular flexibility index (Phi) is 4.00. The molecular formula is C14H13F5N2O2S. The van der Waals surface area contributed by atoms with Crippen LogP contribution in [0, 0.1) is 0 Å². The van der Waals surface area contributed by atoms with Gasteiger partial charge in [-0.1, -0.05) is 19.4 Å². The summed E-state index contributed by atoms with van der Waals surface area (Å²) in [6.07, 6.45) is 0. The lowest BCUT2D eigenvalue weighted by Gasteiger charge is -2.40. The summed E-state index contributed by atoms with van der Waals surface area (Å²) in [4.78, 5) is -1.98. The highest BCUT2D eigenvalue weighted by molar-refractivity contribution is 8.45. The molecule has 0 saturated heterocycles. The van der Waals surface area contributed by atoms with Crippen molar-refractivity contribution in [1.82, 2.24) is 0 Å². The Bertz CT molecular complexity index is 776. The quantitative estimate of drug-likeness (QED) is 0.431. The number of halogens is 5. The molecule has 0 atom stereocenters. The van der Waals surface area contributed by atoms with Gasteiger partial charge in [-0.05, 0) is 36.4 Å². The number of ether oxygens (including phenoxy) is 2. The van der Waals surface area contributed by atoms with Crippen molar-refractivity contribution in [1.29, 1.82) is 0 Å². The first-order valence-corrected chi connectivity index (χ1v) is 8.36. The molecule has 0 radical (unpaired) electrons. The molecule has 0 aliphatic rings. The standard InChI is InChI=1S/C14H13F5N2O2S/c1-22-11-5-8-13(14(9-11)23-2)21-20-10-3-6-12(7-4-10)24(15,16,17,18)19/h3-9H,1-2H3. The van der Waals surface area contributed by atoms with Crippen molar-refractivity contribution < 1.29 is 28.9 Å². The largest absolute Gasteiger partial charge is 0.497 e. The van der Waals surface area contributed by atoms with Crippen molar-refractivity contribution in [2.24, 2.45) is 10.2 Å². The lowest BCUT2D eigenvalue weighted by molar-refractivity contribution is 0.364. The van der Waals surface area contributed by atoms with Crippen molar-refractivity contribution in [3.8, 4) is 11.5 Å². The van der Waals surface area contributed by atoms with E-state index in [-0.39, 0.29) is 17.8 Å². The summed E-state index contributed by atoms with van der Waals surface area (Å²) in [6, 6.07) is 6.85. The summed E-state index contributed by atoms with van der Waals surface area (Å²) >= 11 is 0. The predicted molar refractivity (Wildman–Crippen MR) is 81.6 cm³/mol. The molecule has 0 aromatic heterocycles. The van der Waals surface area contributed by atoms with Crippen molar-refractivity contribution >= 4 is 21.6 Å². The van der Waals surface area contributed by atoms with Crippen LogP contribution in [-0.2, 0) is 0 Å². The maximum Gasteiger partial charge on any atom is 0.310 e. The highest BCUT2D eigenvalue weighted by atomic mass is 32.5. The number of azo groups is 1. The fraction of sp³-hybridized carbons (Fsp3) is 0.143. The molecule has 0 N–H and O–H groups in total. The van der Waals surface area contributed by atoms with Crippen LogP contribution in [0.25, 0.3) is 0 Å².